The fourth-order valence-electron chi connectivity index (χ4n) is 2.43. The summed E-state index contributed by atoms with van der Waals surface area (Å²) in [7, 11) is 3.85. The first-order valence-electron chi connectivity index (χ1n) is 6.40. The number of carbonyl (C=O) groups is 1. The van der Waals surface area contributed by atoms with Crippen molar-refractivity contribution >= 4 is 6.09 Å². The highest BCUT2D eigenvalue weighted by Gasteiger charge is 2.35. The lowest BCUT2D eigenvalue weighted by Crippen LogP contribution is -2.54. The van der Waals surface area contributed by atoms with Gasteiger partial charge in [-0.3, -0.25) is 0 Å². The third kappa shape index (κ3) is 5.26. The maximum atomic E-state index is 11.9. The molecule has 1 fully saturated rings. The number of alkyl halides is 3. The first kappa shape index (κ1) is 16.1. The summed E-state index contributed by atoms with van der Waals surface area (Å²) in [5.74, 6) is 0. The van der Waals surface area contributed by atoms with Gasteiger partial charge in [0.1, 0.15) is 0 Å². The summed E-state index contributed by atoms with van der Waals surface area (Å²) in [6, 6.07) is 0. The topological polar surface area (TPSA) is 41.6 Å². The molecule has 0 heterocycles. The molecule has 0 aliphatic heterocycles. The average molecular weight is 282 g/mol. The second-order valence-electron chi connectivity index (χ2n) is 5.22. The van der Waals surface area contributed by atoms with Gasteiger partial charge in [0.05, 0.1) is 0 Å². The SMILES string of the molecule is CN(C)C1(CNC(=O)OCC(F)(F)F)CCCCC1. The van der Waals surface area contributed by atoms with Crippen LogP contribution in [0.4, 0.5) is 18.0 Å². The fraction of sp³-hybridized carbons (Fsp3) is 0.917. The molecular formula is C12H21F3N2O2. The number of amides is 1. The predicted molar refractivity (Wildman–Crippen MR) is 64.9 cm³/mol. The summed E-state index contributed by atoms with van der Waals surface area (Å²) in [5.41, 5.74) is -0.171. The van der Waals surface area contributed by atoms with Gasteiger partial charge in [-0.1, -0.05) is 19.3 Å². The lowest BCUT2D eigenvalue weighted by atomic mass is 9.80. The Morgan fingerprint density at radius 1 is 1.26 bits per heavy atom. The van der Waals surface area contributed by atoms with Gasteiger partial charge in [0, 0.05) is 12.1 Å². The van der Waals surface area contributed by atoms with Gasteiger partial charge in [-0.05, 0) is 26.9 Å². The quantitative estimate of drug-likeness (QED) is 0.861. The Hall–Kier alpha value is -0.980. The zero-order valence-electron chi connectivity index (χ0n) is 11.3. The highest BCUT2D eigenvalue weighted by Crippen LogP contribution is 2.31. The highest BCUT2D eigenvalue weighted by atomic mass is 19.4. The van der Waals surface area contributed by atoms with E-state index < -0.39 is 18.9 Å². The number of hydrogen-bond donors (Lipinski definition) is 1. The zero-order valence-corrected chi connectivity index (χ0v) is 11.3. The number of ether oxygens (including phenoxy) is 1. The van der Waals surface area contributed by atoms with E-state index in [1.165, 1.54) is 0 Å². The molecule has 1 rings (SSSR count). The van der Waals surface area contributed by atoms with Crippen molar-refractivity contribution in [1.82, 2.24) is 10.2 Å². The van der Waals surface area contributed by atoms with Crippen LogP contribution in [-0.2, 0) is 4.74 Å². The van der Waals surface area contributed by atoms with Crippen molar-refractivity contribution in [1.29, 1.82) is 0 Å². The van der Waals surface area contributed by atoms with Crippen LogP contribution in [0.1, 0.15) is 32.1 Å². The lowest BCUT2D eigenvalue weighted by Gasteiger charge is -2.43. The summed E-state index contributed by atoms with van der Waals surface area (Å²) < 4.78 is 39.8. The number of hydrogen-bond acceptors (Lipinski definition) is 3. The van der Waals surface area contributed by atoms with Crippen molar-refractivity contribution in [3.63, 3.8) is 0 Å². The van der Waals surface area contributed by atoms with Gasteiger partial charge in [-0.2, -0.15) is 13.2 Å². The Balaban J connectivity index is 2.42. The van der Waals surface area contributed by atoms with Crippen molar-refractivity contribution < 1.29 is 22.7 Å². The van der Waals surface area contributed by atoms with E-state index in [9.17, 15) is 18.0 Å². The van der Waals surface area contributed by atoms with Crippen LogP contribution in [0.5, 0.6) is 0 Å². The molecule has 0 aromatic heterocycles. The molecule has 112 valence electrons. The first-order valence-corrected chi connectivity index (χ1v) is 6.40. The maximum Gasteiger partial charge on any atom is 0.422 e. The number of nitrogens with one attached hydrogen (secondary N) is 1. The number of halogens is 3. The summed E-state index contributed by atoms with van der Waals surface area (Å²) in [6.45, 7) is -1.23. The molecule has 0 unspecified atom stereocenters. The standard InChI is InChI=1S/C12H21F3N2O2/c1-17(2)11(6-4-3-5-7-11)8-16-10(18)19-9-12(13,14)15/h3-9H2,1-2H3,(H,16,18). The molecule has 0 radical (unpaired) electrons. The fourth-order valence-corrected chi connectivity index (χ4v) is 2.43. The Kier molecular flexibility index (Phi) is 5.46. The van der Waals surface area contributed by atoms with E-state index in [0.717, 1.165) is 32.1 Å². The zero-order chi connectivity index (χ0) is 14.5. The summed E-state index contributed by atoms with van der Waals surface area (Å²) in [5, 5.41) is 2.44. The third-order valence-electron chi connectivity index (χ3n) is 3.66. The van der Waals surface area contributed by atoms with Gasteiger partial charge in [0.15, 0.2) is 6.61 Å². The minimum absolute atomic E-state index is 0.171. The van der Waals surface area contributed by atoms with Gasteiger partial charge in [0.25, 0.3) is 0 Å². The second-order valence-corrected chi connectivity index (χ2v) is 5.22. The molecule has 0 atom stereocenters. The van der Waals surface area contributed by atoms with Crippen LogP contribution >= 0.6 is 0 Å². The van der Waals surface area contributed by atoms with Crippen molar-refractivity contribution in [2.45, 2.75) is 43.8 Å². The Bertz CT molecular complexity index is 300. The molecule has 1 N–H and O–H groups in total. The van der Waals surface area contributed by atoms with Crippen LogP contribution in [0, 0.1) is 0 Å². The second kappa shape index (κ2) is 6.45. The van der Waals surface area contributed by atoms with Crippen LogP contribution in [0.25, 0.3) is 0 Å². The molecule has 1 aliphatic carbocycles. The maximum absolute atomic E-state index is 11.9. The normalized spacial score (nSPS) is 19.3. The molecule has 1 aliphatic rings. The van der Waals surface area contributed by atoms with Crippen LogP contribution in [0.2, 0.25) is 0 Å². The number of alkyl carbamates (subject to hydrolysis) is 1. The van der Waals surface area contributed by atoms with E-state index >= 15 is 0 Å². The lowest BCUT2D eigenvalue weighted by molar-refractivity contribution is -0.160. The minimum atomic E-state index is -4.48. The smallest absolute Gasteiger partial charge is 0.422 e. The van der Waals surface area contributed by atoms with Gasteiger partial charge >= 0.3 is 12.3 Å². The molecule has 4 nitrogen and oxygen atoms in total. The Morgan fingerprint density at radius 3 is 2.32 bits per heavy atom. The first-order chi connectivity index (χ1) is 8.75. The van der Waals surface area contributed by atoms with E-state index in [1.54, 1.807) is 0 Å². The molecule has 1 amide bonds. The Labute approximate surface area is 111 Å². The average Bonchev–Trinajstić information content (AvgIpc) is 2.34. The van der Waals surface area contributed by atoms with E-state index in [0.29, 0.717) is 6.54 Å². The molecule has 0 bridgehead atoms. The number of nitrogens with zero attached hydrogens (tertiary/aromatic N) is 1. The number of carbonyl (C=O) groups excluding carboxylic acids is 1. The molecule has 0 saturated heterocycles. The van der Waals surface area contributed by atoms with Gasteiger partial charge in [-0.25, -0.2) is 4.79 Å². The van der Waals surface area contributed by atoms with Crippen LogP contribution in [-0.4, -0.2) is 50.0 Å². The summed E-state index contributed by atoms with van der Waals surface area (Å²) in [6.07, 6.45) is -0.340. The van der Waals surface area contributed by atoms with E-state index in [1.807, 2.05) is 19.0 Å². The monoisotopic (exact) mass is 282 g/mol. The molecule has 0 spiro atoms. The molecule has 19 heavy (non-hydrogen) atoms. The molecule has 1 saturated carbocycles. The van der Waals surface area contributed by atoms with Crippen LogP contribution in [0.3, 0.4) is 0 Å². The van der Waals surface area contributed by atoms with E-state index in [4.69, 9.17) is 0 Å². The number of rotatable bonds is 4. The van der Waals surface area contributed by atoms with E-state index in [2.05, 4.69) is 10.1 Å². The predicted octanol–water partition coefficient (Wildman–Crippen LogP) is 2.54. The third-order valence-corrected chi connectivity index (χ3v) is 3.66. The molecule has 0 aromatic rings. The van der Waals surface area contributed by atoms with Crippen LogP contribution < -0.4 is 5.32 Å². The molecule has 0 aromatic carbocycles. The summed E-state index contributed by atoms with van der Waals surface area (Å²) >= 11 is 0. The van der Waals surface area contributed by atoms with Crippen molar-refractivity contribution in [2.75, 3.05) is 27.2 Å². The van der Waals surface area contributed by atoms with Crippen molar-refractivity contribution in [2.24, 2.45) is 0 Å². The van der Waals surface area contributed by atoms with Crippen molar-refractivity contribution in [3.05, 3.63) is 0 Å². The highest BCUT2D eigenvalue weighted by molar-refractivity contribution is 5.67. The van der Waals surface area contributed by atoms with Crippen molar-refractivity contribution in [3.8, 4) is 0 Å². The van der Waals surface area contributed by atoms with E-state index in [-0.39, 0.29) is 5.54 Å². The minimum Gasteiger partial charge on any atom is -0.440 e. The molecular weight excluding hydrogens is 261 g/mol. The molecule has 7 heteroatoms. The van der Waals surface area contributed by atoms with Gasteiger partial charge in [-0.15, -0.1) is 0 Å². The number of likely N-dealkylation sites (N-methyl/N-ethyl adjacent to an activating group) is 1. The van der Waals surface area contributed by atoms with Crippen LogP contribution in [0.15, 0.2) is 0 Å². The summed E-state index contributed by atoms with van der Waals surface area (Å²) in [4.78, 5) is 13.3. The Morgan fingerprint density at radius 2 is 1.84 bits per heavy atom. The van der Waals surface area contributed by atoms with Gasteiger partial charge < -0.3 is 15.0 Å². The van der Waals surface area contributed by atoms with Gasteiger partial charge in [0.2, 0.25) is 0 Å². The largest absolute Gasteiger partial charge is 0.440 e.